The van der Waals surface area contributed by atoms with Gasteiger partial charge in [0.25, 0.3) is 0 Å². The molecular formula is C19H19F5N2O4S. The average molecular weight is 466 g/mol. The Balaban J connectivity index is 1.94. The number of benzene rings is 2. The number of amides is 1. The maximum Gasteiger partial charge on any atom is 0.417 e. The Hall–Kier alpha value is -2.73. The summed E-state index contributed by atoms with van der Waals surface area (Å²) in [5, 5.41) is 2.46. The van der Waals surface area contributed by atoms with Crippen molar-refractivity contribution < 1.29 is 39.9 Å². The van der Waals surface area contributed by atoms with Crippen molar-refractivity contribution in [2.75, 3.05) is 6.54 Å². The average Bonchev–Trinajstić information content (AvgIpc) is 2.68. The molecular weight excluding hydrogens is 447 g/mol. The van der Waals surface area contributed by atoms with Crippen LogP contribution in [0.15, 0.2) is 53.4 Å². The maximum atomic E-state index is 13.1. The van der Waals surface area contributed by atoms with Crippen LogP contribution in [0.5, 0.6) is 5.75 Å². The van der Waals surface area contributed by atoms with E-state index in [0.717, 1.165) is 18.2 Å². The highest BCUT2D eigenvalue weighted by atomic mass is 32.2. The molecule has 31 heavy (non-hydrogen) atoms. The molecule has 0 aliphatic carbocycles. The number of nitrogens with one attached hydrogen (secondary N) is 2. The molecule has 0 saturated heterocycles. The predicted molar refractivity (Wildman–Crippen MR) is 101 cm³/mol. The highest BCUT2D eigenvalue weighted by Gasteiger charge is 2.37. The number of sulfonamides is 1. The molecule has 0 saturated carbocycles. The third-order valence-electron chi connectivity index (χ3n) is 4.07. The number of hydrogen-bond acceptors (Lipinski definition) is 4. The van der Waals surface area contributed by atoms with Crippen molar-refractivity contribution in [1.29, 1.82) is 0 Å². The molecule has 1 unspecified atom stereocenters. The summed E-state index contributed by atoms with van der Waals surface area (Å²) >= 11 is 0. The summed E-state index contributed by atoms with van der Waals surface area (Å²) in [7, 11) is -4.62. The van der Waals surface area contributed by atoms with Crippen LogP contribution in [0.2, 0.25) is 0 Å². The van der Waals surface area contributed by atoms with Gasteiger partial charge in [0.15, 0.2) is 0 Å². The van der Waals surface area contributed by atoms with E-state index in [1.165, 1.54) is 31.2 Å². The second-order valence-electron chi connectivity index (χ2n) is 6.40. The Labute approximate surface area is 175 Å². The molecule has 0 aliphatic rings. The van der Waals surface area contributed by atoms with Gasteiger partial charge in [0, 0.05) is 6.54 Å². The Morgan fingerprint density at radius 1 is 1.06 bits per heavy atom. The first-order valence-corrected chi connectivity index (χ1v) is 10.4. The van der Waals surface area contributed by atoms with E-state index < -0.39 is 45.2 Å². The number of carbonyl (C=O) groups excluding carboxylic acids is 1. The Kier molecular flexibility index (Phi) is 7.96. The zero-order chi connectivity index (χ0) is 23.2. The van der Waals surface area contributed by atoms with Gasteiger partial charge in [0.2, 0.25) is 15.9 Å². The van der Waals surface area contributed by atoms with Crippen LogP contribution in [0.25, 0.3) is 0 Å². The van der Waals surface area contributed by atoms with Crippen LogP contribution in [0.3, 0.4) is 0 Å². The number of rotatable bonds is 9. The second kappa shape index (κ2) is 10.1. The van der Waals surface area contributed by atoms with E-state index in [1.807, 2.05) is 4.72 Å². The minimum atomic E-state index is -4.88. The Bertz CT molecular complexity index is 995. The molecule has 1 amide bonds. The third kappa shape index (κ3) is 7.17. The van der Waals surface area contributed by atoms with E-state index in [0.29, 0.717) is 18.1 Å². The van der Waals surface area contributed by atoms with E-state index in [1.54, 1.807) is 0 Å². The lowest BCUT2D eigenvalue weighted by Crippen LogP contribution is -2.45. The van der Waals surface area contributed by atoms with Crippen LogP contribution >= 0.6 is 0 Å². The minimum absolute atomic E-state index is 0.0232. The molecule has 2 aromatic rings. The standard InChI is InChI=1S/C19H19F5N2O4S/c1-12(26-31(28,29)16-5-3-2-4-15(16)19(22,23)24)17(27)25-11-10-13-6-8-14(9-7-13)30-18(20)21/h2-9,12,18,26H,10-11H2,1H3,(H,25,27). The zero-order valence-electron chi connectivity index (χ0n) is 16.1. The van der Waals surface area contributed by atoms with Crippen LogP contribution in [-0.2, 0) is 27.4 Å². The first kappa shape index (κ1) is 24.5. The molecule has 0 aromatic heterocycles. The van der Waals surface area contributed by atoms with Crippen molar-refractivity contribution in [2.24, 2.45) is 0 Å². The van der Waals surface area contributed by atoms with E-state index in [2.05, 4.69) is 10.1 Å². The molecule has 0 heterocycles. The van der Waals surface area contributed by atoms with Gasteiger partial charge in [-0.25, -0.2) is 8.42 Å². The normalized spacial score (nSPS) is 13.1. The number of carbonyl (C=O) groups is 1. The predicted octanol–water partition coefficient (Wildman–Crippen LogP) is 3.33. The van der Waals surface area contributed by atoms with Crippen molar-refractivity contribution in [3.05, 3.63) is 59.7 Å². The molecule has 2 rings (SSSR count). The minimum Gasteiger partial charge on any atom is -0.435 e. The third-order valence-corrected chi connectivity index (χ3v) is 5.67. The zero-order valence-corrected chi connectivity index (χ0v) is 16.9. The maximum absolute atomic E-state index is 13.1. The van der Waals surface area contributed by atoms with Crippen molar-refractivity contribution in [1.82, 2.24) is 10.0 Å². The van der Waals surface area contributed by atoms with Crippen LogP contribution in [0.1, 0.15) is 18.1 Å². The molecule has 0 bridgehead atoms. The number of hydrogen-bond donors (Lipinski definition) is 2. The molecule has 1 atom stereocenters. The summed E-state index contributed by atoms with van der Waals surface area (Å²) in [5.41, 5.74) is -0.649. The van der Waals surface area contributed by atoms with Crippen molar-refractivity contribution in [3.8, 4) is 5.75 Å². The number of halogens is 5. The van der Waals surface area contributed by atoms with Gasteiger partial charge in [-0.15, -0.1) is 0 Å². The quantitative estimate of drug-likeness (QED) is 0.556. The molecule has 12 heteroatoms. The summed E-state index contributed by atoms with van der Waals surface area (Å²) in [6.45, 7) is -1.67. The van der Waals surface area contributed by atoms with E-state index in [4.69, 9.17) is 0 Å². The molecule has 0 fully saturated rings. The summed E-state index contributed by atoms with van der Waals surface area (Å²) in [4.78, 5) is 11.2. The summed E-state index contributed by atoms with van der Waals surface area (Å²) in [6.07, 6.45) is -4.58. The highest BCUT2D eigenvalue weighted by molar-refractivity contribution is 7.89. The fourth-order valence-electron chi connectivity index (χ4n) is 2.61. The monoisotopic (exact) mass is 466 g/mol. The van der Waals surface area contributed by atoms with E-state index in [-0.39, 0.29) is 12.3 Å². The second-order valence-corrected chi connectivity index (χ2v) is 8.08. The first-order valence-electron chi connectivity index (χ1n) is 8.90. The molecule has 2 aromatic carbocycles. The molecule has 2 N–H and O–H groups in total. The van der Waals surface area contributed by atoms with E-state index >= 15 is 0 Å². The van der Waals surface area contributed by atoms with Gasteiger partial charge in [0.1, 0.15) is 5.75 Å². The topological polar surface area (TPSA) is 84.5 Å². The first-order chi connectivity index (χ1) is 14.4. The summed E-state index contributed by atoms with van der Waals surface area (Å²) in [5.74, 6) is -0.768. The molecule has 0 radical (unpaired) electrons. The lowest BCUT2D eigenvalue weighted by molar-refractivity contribution is -0.139. The molecule has 0 aliphatic heterocycles. The van der Waals surface area contributed by atoms with Gasteiger partial charge in [-0.3, -0.25) is 4.79 Å². The lowest BCUT2D eigenvalue weighted by Gasteiger charge is -2.17. The smallest absolute Gasteiger partial charge is 0.417 e. The van der Waals surface area contributed by atoms with Gasteiger partial charge in [0.05, 0.1) is 16.5 Å². The fraction of sp³-hybridized carbons (Fsp3) is 0.316. The summed E-state index contributed by atoms with van der Waals surface area (Å²) in [6, 6.07) is 8.00. The van der Waals surface area contributed by atoms with Crippen LogP contribution in [0, 0.1) is 0 Å². The van der Waals surface area contributed by atoms with Crippen molar-refractivity contribution in [2.45, 2.75) is 37.1 Å². The Morgan fingerprint density at radius 2 is 1.68 bits per heavy atom. The van der Waals surface area contributed by atoms with Crippen LogP contribution in [0.4, 0.5) is 22.0 Å². The van der Waals surface area contributed by atoms with Crippen molar-refractivity contribution >= 4 is 15.9 Å². The van der Waals surface area contributed by atoms with E-state index in [9.17, 15) is 35.2 Å². The van der Waals surface area contributed by atoms with Crippen LogP contribution in [-0.4, -0.2) is 33.5 Å². The summed E-state index contributed by atoms with van der Waals surface area (Å²) < 4.78 is 94.3. The number of alkyl halides is 5. The SMILES string of the molecule is CC(NS(=O)(=O)c1ccccc1C(F)(F)F)C(=O)NCCc1ccc(OC(F)F)cc1. The molecule has 170 valence electrons. The molecule has 0 spiro atoms. The fourth-order valence-corrected chi connectivity index (χ4v) is 4.04. The van der Waals surface area contributed by atoms with Gasteiger partial charge in [-0.05, 0) is 43.2 Å². The highest BCUT2D eigenvalue weighted by Crippen LogP contribution is 2.33. The van der Waals surface area contributed by atoms with Crippen LogP contribution < -0.4 is 14.8 Å². The molecule has 6 nitrogen and oxygen atoms in total. The van der Waals surface area contributed by atoms with Gasteiger partial charge < -0.3 is 10.1 Å². The van der Waals surface area contributed by atoms with Gasteiger partial charge in [-0.2, -0.15) is 26.7 Å². The van der Waals surface area contributed by atoms with Gasteiger partial charge in [-0.1, -0.05) is 24.3 Å². The number of ether oxygens (including phenoxy) is 1. The van der Waals surface area contributed by atoms with Gasteiger partial charge >= 0.3 is 12.8 Å². The largest absolute Gasteiger partial charge is 0.435 e. The lowest BCUT2D eigenvalue weighted by atomic mass is 10.1. The Morgan fingerprint density at radius 3 is 2.26 bits per heavy atom. The van der Waals surface area contributed by atoms with Crippen molar-refractivity contribution in [3.63, 3.8) is 0 Å².